The first-order chi connectivity index (χ1) is 22.2. The van der Waals surface area contributed by atoms with Crippen LogP contribution in [-0.4, -0.2) is 69.8 Å². The van der Waals surface area contributed by atoms with Crippen LogP contribution in [0.3, 0.4) is 0 Å². The zero-order chi connectivity index (χ0) is 33.8. The van der Waals surface area contributed by atoms with Gasteiger partial charge < -0.3 is 4.74 Å². The van der Waals surface area contributed by atoms with Gasteiger partial charge in [-0.15, -0.1) is 0 Å². The van der Waals surface area contributed by atoms with Crippen LogP contribution in [-0.2, 0) is 37.6 Å². The zero-order valence-corrected chi connectivity index (χ0v) is 27.1. The number of fused-ring (bicyclic) bond motifs is 1. The van der Waals surface area contributed by atoms with E-state index in [1.54, 1.807) is 0 Å². The highest BCUT2D eigenvalue weighted by Gasteiger charge is 2.59. The van der Waals surface area contributed by atoms with Crippen molar-refractivity contribution in [3.63, 3.8) is 0 Å². The van der Waals surface area contributed by atoms with Gasteiger partial charge >= 0.3 is 12.3 Å². The van der Waals surface area contributed by atoms with Gasteiger partial charge in [-0.3, -0.25) is 0 Å². The van der Waals surface area contributed by atoms with Crippen LogP contribution in [0, 0.1) is 12.7 Å². The van der Waals surface area contributed by atoms with Crippen LogP contribution in [0.15, 0.2) is 76.5 Å². The largest absolute Gasteiger partial charge is 0.522 e. The number of carbonyl (C=O) groups is 1. The summed E-state index contributed by atoms with van der Waals surface area (Å²) in [6.45, 7) is 1.86. The fourth-order valence-corrected chi connectivity index (χ4v) is 10.6. The molecule has 1 amide bonds. The van der Waals surface area contributed by atoms with E-state index in [2.05, 4.69) is 0 Å². The Balaban J connectivity index is 1.32. The van der Waals surface area contributed by atoms with Crippen LogP contribution in [0.5, 0.6) is 0 Å². The van der Waals surface area contributed by atoms with Gasteiger partial charge in [0.25, 0.3) is 0 Å². The molecule has 3 aromatic rings. The number of carbonyl (C=O) groups excluding carboxylic acids is 1. The maximum Gasteiger partial charge on any atom is 0.522 e. The third-order valence-corrected chi connectivity index (χ3v) is 13.5. The number of cyclic esters (lactones) is 1. The van der Waals surface area contributed by atoms with Crippen molar-refractivity contribution in [2.24, 2.45) is 0 Å². The van der Waals surface area contributed by atoms with Gasteiger partial charge in [0.05, 0.1) is 20.9 Å². The molecule has 3 heterocycles. The van der Waals surface area contributed by atoms with Crippen LogP contribution < -0.4 is 4.48 Å². The molecule has 3 aromatic carbocycles. The molecule has 47 heavy (non-hydrogen) atoms. The van der Waals surface area contributed by atoms with Crippen molar-refractivity contribution >= 4 is 31.8 Å². The third-order valence-electron chi connectivity index (χ3n) is 9.61. The number of benzene rings is 3. The number of aryl methyl sites for hydroxylation is 1. The monoisotopic (exact) mass is 696 g/mol. The Labute approximate surface area is 271 Å². The standard InChI is InChI=1S/C32H34F4N3O6S2/c1-22-5-4-6-23-21-45-31(40)39(30(22)23,25-13-17-37(18-14-25)46(41,42)27-11-9-24(33)10-12-27)26-15-19-38(20-16-26)47(43,44)29-8-3-2-7-28(29)32(34,35)36/h2-12,25-26H,13-21H2,1H3/q+1. The van der Waals surface area contributed by atoms with E-state index in [0.29, 0.717) is 0 Å². The maximum absolute atomic E-state index is 14.1. The molecule has 1 atom stereocenters. The van der Waals surface area contributed by atoms with Gasteiger partial charge in [0, 0.05) is 57.4 Å². The summed E-state index contributed by atoms with van der Waals surface area (Å²) in [7, 11) is -8.45. The molecule has 0 aliphatic carbocycles. The second kappa shape index (κ2) is 12.3. The number of amides is 1. The molecule has 0 saturated carbocycles. The molecule has 0 N–H and O–H groups in total. The van der Waals surface area contributed by atoms with E-state index < -0.39 is 60.7 Å². The summed E-state index contributed by atoms with van der Waals surface area (Å²) >= 11 is 0. The lowest BCUT2D eigenvalue weighted by Crippen LogP contribution is -2.71. The molecule has 0 bridgehead atoms. The first kappa shape index (κ1) is 33.5. The Kier molecular flexibility index (Phi) is 8.75. The molecular weight excluding hydrogens is 662 g/mol. The molecule has 2 fully saturated rings. The molecule has 3 aliphatic heterocycles. The Morgan fingerprint density at radius 2 is 1.32 bits per heavy atom. The van der Waals surface area contributed by atoms with E-state index in [0.717, 1.165) is 51.5 Å². The lowest BCUT2D eigenvalue weighted by atomic mass is 9.89. The second-order valence-electron chi connectivity index (χ2n) is 12.1. The minimum Gasteiger partial charge on any atom is -0.415 e. The van der Waals surface area contributed by atoms with Gasteiger partial charge in [-0.2, -0.15) is 31.1 Å². The Hall–Kier alpha value is -3.37. The molecule has 252 valence electrons. The first-order valence-electron chi connectivity index (χ1n) is 15.3. The van der Waals surface area contributed by atoms with Crippen LogP contribution in [0.2, 0.25) is 0 Å². The van der Waals surface area contributed by atoms with Crippen LogP contribution in [0.1, 0.15) is 42.4 Å². The molecule has 2 saturated heterocycles. The third kappa shape index (κ3) is 5.75. The van der Waals surface area contributed by atoms with Gasteiger partial charge in [-0.25, -0.2) is 21.2 Å². The van der Waals surface area contributed by atoms with Gasteiger partial charge in [-0.05, 0) is 49.4 Å². The van der Waals surface area contributed by atoms with Gasteiger partial charge in [0.1, 0.15) is 24.5 Å². The molecule has 3 aliphatic rings. The SMILES string of the molecule is Cc1cccc2c1[N+](C1CCN(S(=O)(=O)c3ccc(F)cc3)CC1)(C1CCN(S(=O)(=O)c3ccccc3C(F)(F)F)CC1)C(=O)OC2. The molecule has 1 unspecified atom stereocenters. The lowest BCUT2D eigenvalue weighted by Gasteiger charge is -2.52. The van der Waals surface area contributed by atoms with Crippen molar-refractivity contribution in [2.45, 2.75) is 67.3 Å². The number of quaternary nitrogens is 1. The summed E-state index contributed by atoms with van der Waals surface area (Å²) in [4.78, 5) is 13.3. The summed E-state index contributed by atoms with van der Waals surface area (Å²) in [5.74, 6) is -0.560. The summed E-state index contributed by atoms with van der Waals surface area (Å²) in [6, 6.07) is 13.3. The number of rotatable bonds is 6. The molecule has 0 spiro atoms. The smallest absolute Gasteiger partial charge is 0.415 e. The minimum atomic E-state index is -4.87. The number of alkyl halides is 3. The summed E-state index contributed by atoms with van der Waals surface area (Å²) in [5.41, 5.74) is 1.12. The summed E-state index contributed by atoms with van der Waals surface area (Å²) < 4.78 is 116. The highest BCUT2D eigenvalue weighted by atomic mass is 32.2. The number of sulfonamides is 2. The number of piperidine rings is 2. The van der Waals surface area contributed by atoms with Crippen LogP contribution in [0.25, 0.3) is 0 Å². The second-order valence-corrected chi connectivity index (χ2v) is 16.0. The molecule has 15 heteroatoms. The number of hydrogen-bond donors (Lipinski definition) is 0. The molecule has 9 nitrogen and oxygen atoms in total. The van der Waals surface area contributed by atoms with E-state index in [9.17, 15) is 39.2 Å². The van der Waals surface area contributed by atoms with Crippen LogP contribution in [0.4, 0.5) is 28.0 Å². The topological polar surface area (TPSA) is 101 Å². The average Bonchev–Trinajstić information content (AvgIpc) is 3.05. The molecule has 6 rings (SSSR count). The number of para-hydroxylation sites is 1. The lowest BCUT2D eigenvalue weighted by molar-refractivity contribution is -0.139. The van der Waals surface area contributed by atoms with Crippen molar-refractivity contribution < 1.29 is 43.9 Å². The normalized spacial score (nSPS) is 22.5. The van der Waals surface area contributed by atoms with Crippen molar-refractivity contribution in [1.29, 1.82) is 0 Å². The van der Waals surface area contributed by atoms with Gasteiger partial charge in [0.2, 0.25) is 20.0 Å². The van der Waals surface area contributed by atoms with Crippen LogP contribution >= 0.6 is 0 Å². The summed E-state index contributed by atoms with van der Waals surface area (Å²) in [5, 5.41) is 0. The minimum absolute atomic E-state index is 0.0412. The number of hydrogen-bond acceptors (Lipinski definition) is 6. The van der Waals surface area contributed by atoms with Crippen molar-refractivity contribution in [3.8, 4) is 0 Å². The van der Waals surface area contributed by atoms with E-state index in [4.69, 9.17) is 4.74 Å². The quantitative estimate of drug-likeness (QED) is 0.238. The summed E-state index contributed by atoms with van der Waals surface area (Å²) in [6.07, 6.45) is -4.51. The van der Waals surface area contributed by atoms with Gasteiger partial charge in [0.15, 0.2) is 5.69 Å². The molecule has 0 radical (unpaired) electrons. The fourth-order valence-electron chi connectivity index (χ4n) is 7.46. The Morgan fingerprint density at radius 1 is 0.766 bits per heavy atom. The van der Waals surface area contributed by atoms with E-state index in [1.807, 2.05) is 25.1 Å². The predicted molar refractivity (Wildman–Crippen MR) is 165 cm³/mol. The highest BCUT2D eigenvalue weighted by Crippen LogP contribution is 2.46. The average molecular weight is 697 g/mol. The Bertz CT molecular complexity index is 1890. The van der Waals surface area contributed by atoms with E-state index in [1.165, 1.54) is 22.5 Å². The van der Waals surface area contributed by atoms with E-state index in [-0.39, 0.29) is 67.8 Å². The first-order valence-corrected chi connectivity index (χ1v) is 18.1. The Morgan fingerprint density at radius 3 is 1.89 bits per heavy atom. The zero-order valence-electron chi connectivity index (χ0n) is 25.5. The van der Waals surface area contributed by atoms with Gasteiger partial charge in [-0.1, -0.05) is 24.3 Å². The maximum atomic E-state index is 14.1. The molecule has 0 aromatic heterocycles. The van der Waals surface area contributed by atoms with Crippen molar-refractivity contribution in [2.75, 3.05) is 26.2 Å². The highest BCUT2D eigenvalue weighted by molar-refractivity contribution is 7.89. The number of halogens is 4. The number of nitrogens with zero attached hydrogens (tertiary/aromatic N) is 3. The fraction of sp³-hybridized carbons (Fsp3) is 0.406. The van der Waals surface area contributed by atoms with Crippen molar-refractivity contribution in [1.82, 2.24) is 13.1 Å². The number of ether oxygens (including phenoxy) is 1. The van der Waals surface area contributed by atoms with Crippen molar-refractivity contribution in [3.05, 3.63) is 89.2 Å². The predicted octanol–water partition coefficient (Wildman–Crippen LogP) is 5.82. The van der Waals surface area contributed by atoms with E-state index >= 15 is 0 Å². The molecular formula is C32H34F4N3O6S2+.